The first kappa shape index (κ1) is 12.8. The van der Waals surface area contributed by atoms with E-state index in [1.54, 1.807) is 6.07 Å². The molecule has 6 nitrogen and oxygen atoms in total. The molecule has 2 N–H and O–H groups in total. The minimum atomic E-state index is -0.628. The van der Waals surface area contributed by atoms with Gasteiger partial charge in [0, 0.05) is 12.4 Å². The smallest absolute Gasteiger partial charge is 0.253 e. The van der Waals surface area contributed by atoms with E-state index >= 15 is 0 Å². The van der Waals surface area contributed by atoms with E-state index in [1.807, 2.05) is 0 Å². The van der Waals surface area contributed by atoms with E-state index in [0.29, 0.717) is 17.2 Å². The zero-order valence-corrected chi connectivity index (χ0v) is 10.7. The Labute approximate surface area is 114 Å². The molecule has 2 fully saturated rings. The number of hydrogen-bond acceptors (Lipinski definition) is 5. The third-order valence-electron chi connectivity index (χ3n) is 3.36. The Kier molecular flexibility index (Phi) is 3.40. The second-order valence-electron chi connectivity index (χ2n) is 4.60. The highest BCUT2D eigenvalue weighted by atomic mass is 35.5. The lowest BCUT2D eigenvalue weighted by Gasteiger charge is -2.17. The molecule has 0 aromatic carbocycles. The number of halogens is 1. The Morgan fingerprint density at radius 2 is 2.21 bits per heavy atom. The molecule has 0 radical (unpaired) electrons. The number of aliphatic hydroxyl groups is 1. The maximum Gasteiger partial charge on any atom is 0.253 e. The van der Waals surface area contributed by atoms with Crippen LogP contribution >= 0.6 is 11.6 Å². The summed E-state index contributed by atoms with van der Waals surface area (Å²) >= 11 is 5.91. The van der Waals surface area contributed by atoms with E-state index in [-0.39, 0.29) is 30.8 Å². The van der Waals surface area contributed by atoms with Crippen molar-refractivity contribution in [2.75, 3.05) is 13.2 Å². The molecule has 1 aromatic heterocycles. The molecule has 3 heterocycles. The molecular weight excluding hydrogens is 272 g/mol. The van der Waals surface area contributed by atoms with E-state index in [2.05, 4.69) is 10.3 Å². The zero-order chi connectivity index (χ0) is 13.4. The van der Waals surface area contributed by atoms with Gasteiger partial charge in [-0.1, -0.05) is 11.6 Å². The summed E-state index contributed by atoms with van der Waals surface area (Å²) in [7, 11) is 0. The van der Waals surface area contributed by atoms with Crippen LogP contribution in [0.5, 0.6) is 0 Å². The molecule has 2 aliphatic rings. The van der Waals surface area contributed by atoms with Gasteiger partial charge in [-0.05, 0) is 6.07 Å². The number of aromatic nitrogens is 1. The number of rotatable bonds is 2. The van der Waals surface area contributed by atoms with E-state index < -0.39 is 6.10 Å². The summed E-state index contributed by atoms with van der Waals surface area (Å²) in [6, 6.07) is 1.27. The number of carbonyl (C=O) groups is 1. The fraction of sp³-hybridized carbons (Fsp3) is 0.500. The summed E-state index contributed by atoms with van der Waals surface area (Å²) in [6.45, 7) is 0.554. The van der Waals surface area contributed by atoms with Gasteiger partial charge in [-0.25, -0.2) is 0 Å². The summed E-state index contributed by atoms with van der Waals surface area (Å²) in [5, 5.41) is 12.7. The van der Waals surface area contributed by atoms with E-state index in [4.69, 9.17) is 21.1 Å². The van der Waals surface area contributed by atoms with Crippen LogP contribution in [-0.2, 0) is 9.47 Å². The van der Waals surface area contributed by atoms with Gasteiger partial charge in [-0.15, -0.1) is 0 Å². The van der Waals surface area contributed by atoms with Crippen molar-refractivity contribution in [3.05, 3.63) is 29.0 Å². The Balaban J connectivity index is 1.69. The predicted molar refractivity (Wildman–Crippen MR) is 66.0 cm³/mol. The first-order valence-corrected chi connectivity index (χ1v) is 6.36. The van der Waals surface area contributed by atoms with Crippen molar-refractivity contribution in [3.8, 4) is 0 Å². The molecule has 1 amide bonds. The van der Waals surface area contributed by atoms with Gasteiger partial charge in [0.15, 0.2) is 0 Å². The van der Waals surface area contributed by atoms with Gasteiger partial charge in [0.2, 0.25) is 0 Å². The normalized spacial score (nSPS) is 33.2. The molecule has 102 valence electrons. The van der Waals surface area contributed by atoms with Gasteiger partial charge in [0.1, 0.15) is 18.3 Å². The van der Waals surface area contributed by atoms with Gasteiger partial charge in [-0.3, -0.25) is 9.78 Å². The third kappa shape index (κ3) is 2.32. The van der Waals surface area contributed by atoms with Crippen molar-refractivity contribution in [3.63, 3.8) is 0 Å². The molecule has 0 spiro atoms. The van der Waals surface area contributed by atoms with Crippen LogP contribution in [0.3, 0.4) is 0 Å². The lowest BCUT2D eigenvalue weighted by atomic mass is 10.1. The third-order valence-corrected chi connectivity index (χ3v) is 3.66. The van der Waals surface area contributed by atoms with Crippen LogP contribution in [0, 0.1) is 0 Å². The molecule has 0 saturated carbocycles. The van der Waals surface area contributed by atoms with Crippen LogP contribution in [0.1, 0.15) is 10.4 Å². The largest absolute Gasteiger partial charge is 0.388 e. The molecule has 19 heavy (non-hydrogen) atoms. The van der Waals surface area contributed by atoms with Gasteiger partial charge in [0.25, 0.3) is 5.91 Å². The fourth-order valence-electron chi connectivity index (χ4n) is 2.41. The number of fused-ring (bicyclic) bond motifs is 1. The summed E-state index contributed by atoms with van der Waals surface area (Å²) in [5.41, 5.74) is 0.360. The molecule has 2 saturated heterocycles. The topological polar surface area (TPSA) is 80.7 Å². The van der Waals surface area contributed by atoms with Crippen LogP contribution < -0.4 is 5.32 Å². The Bertz CT molecular complexity index is 498. The molecule has 4 atom stereocenters. The average molecular weight is 285 g/mol. The quantitative estimate of drug-likeness (QED) is 0.798. The lowest BCUT2D eigenvalue weighted by molar-refractivity contribution is 0.0178. The van der Waals surface area contributed by atoms with Crippen molar-refractivity contribution < 1.29 is 19.4 Å². The van der Waals surface area contributed by atoms with Crippen LogP contribution in [0.4, 0.5) is 0 Å². The molecule has 3 rings (SSSR count). The van der Waals surface area contributed by atoms with Crippen LogP contribution in [0.2, 0.25) is 5.02 Å². The standard InChI is InChI=1S/C12H13ClN2O4/c13-7-3-14-2-1-6(7)12(17)15-8-4-18-11-9(16)5-19-10(8)11/h1-3,8-11,16H,4-5H2,(H,15,17)/t8-,9-,10-,11-/m1/s1. The number of ether oxygens (including phenoxy) is 2. The van der Waals surface area contributed by atoms with Gasteiger partial charge < -0.3 is 19.9 Å². The Morgan fingerprint density at radius 3 is 3.00 bits per heavy atom. The highest BCUT2D eigenvalue weighted by Gasteiger charge is 2.47. The minimum absolute atomic E-state index is 0.234. The summed E-state index contributed by atoms with van der Waals surface area (Å²) in [5.74, 6) is -0.299. The fourth-order valence-corrected chi connectivity index (χ4v) is 2.61. The SMILES string of the molecule is O=C(N[C@@H]1CO[C@H]2[C@@H]1OC[C@H]2O)c1ccncc1Cl. The predicted octanol–water partition coefficient (Wildman–Crippen LogP) is -0.00810. The maximum absolute atomic E-state index is 12.1. The number of aliphatic hydroxyl groups excluding tert-OH is 1. The van der Waals surface area contributed by atoms with Crippen LogP contribution in [0.25, 0.3) is 0 Å². The number of nitrogens with zero attached hydrogens (tertiary/aromatic N) is 1. The second kappa shape index (κ2) is 5.05. The van der Waals surface area contributed by atoms with Crippen molar-refractivity contribution in [2.24, 2.45) is 0 Å². The van der Waals surface area contributed by atoms with Gasteiger partial charge in [0.05, 0.1) is 29.8 Å². The van der Waals surface area contributed by atoms with Gasteiger partial charge >= 0.3 is 0 Å². The first-order chi connectivity index (χ1) is 9.16. The van der Waals surface area contributed by atoms with Crippen molar-refractivity contribution in [1.29, 1.82) is 0 Å². The van der Waals surface area contributed by atoms with E-state index in [1.165, 1.54) is 12.4 Å². The highest BCUT2D eigenvalue weighted by molar-refractivity contribution is 6.33. The average Bonchev–Trinajstić information content (AvgIpc) is 2.95. The molecule has 7 heteroatoms. The van der Waals surface area contributed by atoms with Gasteiger partial charge in [-0.2, -0.15) is 0 Å². The lowest BCUT2D eigenvalue weighted by Crippen LogP contribution is -2.44. The van der Waals surface area contributed by atoms with Crippen molar-refractivity contribution in [2.45, 2.75) is 24.4 Å². The van der Waals surface area contributed by atoms with Crippen LogP contribution in [0.15, 0.2) is 18.5 Å². The highest BCUT2D eigenvalue weighted by Crippen LogP contribution is 2.27. The first-order valence-electron chi connectivity index (χ1n) is 5.98. The maximum atomic E-state index is 12.1. The molecule has 0 aliphatic carbocycles. The van der Waals surface area contributed by atoms with Crippen LogP contribution in [-0.4, -0.2) is 53.6 Å². The second-order valence-corrected chi connectivity index (χ2v) is 5.01. The number of carbonyl (C=O) groups excluding carboxylic acids is 1. The van der Waals surface area contributed by atoms with E-state index in [9.17, 15) is 9.90 Å². The Hall–Kier alpha value is -1.21. The monoisotopic (exact) mass is 284 g/mol. The molecule has 0 unspecified atom stereocenters. The van der Waals surface area contributed by atoms with Crippen molar-refractivity contribution >= 4 is 17.5 Å². The summed E-state index contributed by atoms with van der Waals surface area (Å²) < 4.78 is 10.9. The number of nitrogens with one attached hydrogen (secondary N) is 1. The molecule has 1 aromatic rings. The number of pyridine rings is 1. The minimum Gasteiger partial charge on any atom is -0.388 e. The number of hydrogen-bond donors (Lipinski definition) is 2. The summed E-state index contributed by atoms with van der Waals surface area (Å²) in [6.07, 6.45) is 1.62. The zero-order valence-electron chi connectivity index (χ0n) is 9.95. The molecule has 2 aliphatic heterocycles. The number of amides is 1. The summed E-state index contributed by atoms with van der Waals surface area (Å²) in [4.78, 5) is 15.9. The van der Waals surface area contributed by atoms with Crippen molar-refractivity contribution in [1.82, 2.24) is 10.3 Å². The van der Waals surface area contributed by atoms with E-state index in [0.717, 1.165) is 0 Å². The molecular formula is C12H13ClN2O4. The molecule has 0 bridgehead atoms. The Morgan fingerprint density at radius 1 is 1.42 bits per heavy atom.